The van der Waals surface area contributed by atoms with Crippen LogP contribution in [0.15, 0.2) is 60.7 Å². The molecular formula is C15H19ClN4. The Morgan fingerprint density at radius 3 is 2.05 bits per heavy atom. The van der Waals surface area contributed by atoms with Crippen LogP contribution in [0, 0.1) is 0 Å². The first kappa shape index (κ1) is 14.7. The molecule has 1 heterocycles. The number of benzene rings is 2. The topological polar surface area (TPSA) is 35.1 Å². The number of hydrogen-bond acceptors (Lipinski definition) is 3. The summed E-state index contributed by atoms with van der Waals surface area (Å²) in [6.45, 7) is 2.19. The lowest BCUT2D eigenvalue weighted by atomic mass is 10.3. The number of para-hydroxylation sites is 2. The Kier molecular flexibility index (Phi) is 4.84. The normalized spacial score (nSPS) is 17.9. The highest BCUT2D eigenvalue weighted by Crippen LogP contribution is 2.19. The van der Waals surface area contributed by atoms with Crippen LogP contribution in [0.1, 0.15) is 13.3 Å². The lowest BCUT2D eigenvalue weighted by Crippen LogP contribution is -3.00. The Labute approximate surface area is 125 Å². The van der Waals surface area contributed by atoms with E-state index in [0.717, 1.165) is 17.8 Å². The third-order valence-corrected chi connectivity index (χ3v) is 3.29. The number of rotatable bonds is 3. The molecule has 0 aromatic heterocycles. The molecule has 0 aliphatic carbocycles. The third kappa shape index (κ3) is 2.88. The second-order valence-corrected chi connectivity index (χ2v) is 4.62. The van der Waals surface area contributed by atoms with Gasteiger partial charge in [0.05, 0.1) is 5.69 Å². The number of quaternary nitrogens is 1. The van der Waals surface area contributed by atoms with E-state index in [1.807, 2.05) is 12.1 Å². The third-order valence-electron chi connectivity index (χ3n) is 3.29. The van der Waals surface area contributed by atoms with Crippen molar-refractivity contribution in [3.05, 3.63) is 60.7 Å². The van der Waals surface area contributed by atoms with Crippen molar-refractivity contribution in [3.63, 3.8) is 0 Å². The van der Waals surface area contributed by atoms with E-state index in [2.05, 4.69) is 76.5 Å². The fourth-order valence-electron chi connectivity index (χ4n) is 2.24. The summed E-state index contributed by atoms with van der Waals surface area (Å²) < 4.78 is 0. The summed E-state index contributed by atoms with van der Waals surface area (Å²) in [6, 6.07) is 20.8. The van der Waals surface area contributed by atoms with Crippen LogP contribution in [0.3, 0.4) is 0 Å². The number of nitrogens with two attached hydrogens (primary N) is 1. The predicted octanol–water partition coefficient (Wildman–Crippen LogP) is -1.35. The zero-order valence-electron chi connectivity index (χ0n) is 11.4. The minimum Gasteiger partial charge on any atom is -1.00 e. The SMILES string of the molecule is CCC1NN(c2ccccc2)N(c2ccccc2)[NH2+]1.[Cl-]. The van der Waals surface area contributed by atoms with Gasteiger partial charge in [0.25, 0.3) is 0 Å². The molecule has 0 bridgehead atoms. The van der Waals surface area contributed by atoms with E-state index in [1.165, 1.54) is 0 Å². The predicted molar refractivity (Wildman–Crippen MR) is 77.0 cm³/mol. The zero-order valence-corrected chi connectivity index (χ0v) is 12.2. The maximum atomic E-state index is 3.51. The van der Waals surface area contributed by atoms with E-state index in [-0.39, 0.29) is 12.4 Å². The van der Waals surface area contributed by atoms with E-state index in [0.29, 0.717) is 6.17 Å². The molecule has 0 amide bonds. The van der Waals surface area contributed by atoms with Gasteiger partial charge in [0, 0.05) is 6.42 Å². The van der Waals surface area contributed by atoms with Gasteiger partial charge >= 0.3 is 0 Å². The summed E-state index contributed by atoms with van der Waals surface area (Å²) in [5, 5.41) is 4.27. The Balaban J connectivity index is 0.00000147. The number of anilines is 2. The number of nitrogens with zero attached hydrogens (tertiary/aromatic N) is 2. The lowest BCUT2D eigenvalue weighted by Gasteiger charge is -2.25. The van der Waals surface area contributed by atoms with Crippen molar-refractivity contribution in [2.24, 2.45) is 0 Å². The first-order chi connectivity index (χ1) is 9.38. The molecule has 2 aromatic carbocycles. The Morgan fingerprint density at radius 2 is 1.50 bits per heavy atom. The van der Waals surface area contributed by atoms with Crippen LogP contribution < -0.4 is 33.5 Å². The maximum absolute atomic E-state index is 3.51. The monoisotopic (exact) mass is 290 g/mol. The summed E-state index contributed by atoms with van der Waals surface area (Å²) >= 11 is 0. The molecular weight excluding hydrogens is 272 g/mol. The van der Waals surface area contributed by atoms with Crippen molar-refractivity contribution >= 4 is 11.4 Å². The van der Waals surface area contributed by atoms with Crippen molar-refractivity contribution in [3.8, 4) is 0 Å². The van der Waals surface area contributed by atoms with Gasteiger partial charge in [-0.3, -0.25) is 0 Å². The largest absolute Gasteiger partial charge is 1.00 e. The Bertz CT molecular complexity index is 472. The number of halogens is 1. The van der Waals surface area contributed by atoms with Gasteiger partial charge in [-0.2, -0.15) is 10.5 Å². The zero-order chi connectivity index (χ0) is 13.1. The minimum absolute atomic E-state index is 0. The summed E-state index contributed by atoms with van der Waals surface area (Å²) in [7, 11) is 0. The van der Waals surface area contributed by atoms with Gasteiger partial charge in [0.1, 0.15) is 5.69 Å². The van der Waals surface area contributed by atoms with Gasteiger partial charge in [-0.25, -0.2) is 5.43 Å². The molecule has 0 saturated carbocycles. The smallest absolute Gasteiger partial charge is 0.181 e. The molecule has 1 saturated heterocycles. The van der Waals surface area contributed by atoms with Crippen LogP contribution in [-0.4, -0.2) is 6.17 Å². The summed E-state index contributed by atoms with van der Waals surface area (Å²) in [6.07, 6.45) is 1.42. The van der Waals surface area contributed by atoms with Crippen LogP contribution in [0.4, 0.5) is 11.4 Å². The summed E-state index contributed by atoms with van der Waals surface area (Å²) in [5.74, 6) is 0. The van der Waals surface area contributed by atoms with Crippen molar-refractivity contribution in [2.45, 2.75) is 19.5 Å². The average molecular weight is 291 g/mol. The maximum Gasteiger partial charge on any atom is 0.181 e. The number of hydrazine groups is 2. The molecule has 1 fully saturated rings. The second-order valence-electron chi connectivity index (χ2n) is 4.62. The average Bonchev–Trinajstić information content (AvgIpc) is 2.93. The molecule has 2 aromatic rings. The second kappa shape index (κ2) is 6.61. The van der Waals surface area contributed by atoms with Gasteiger partial charge in [-0.1, -0.05) is 43.3 Å². The van der Waals surface area contributed by atoms with Crippen LogP contribution in [-0.2, 0) is 0 Å². The van der Waals surface area contributed by atoms with Gasteiger partial charge < -0.3 is 12.4 Å². The molecule has 1 aliphatic rings. The highest BCUT2D eigenvalue weighted by molar-refractivity contribution is 5.54. The Morgan fingerprint density at radius 1 is 0.950 bits per heavy atom. The van der Waals surface area contributed by atoms with Crippen molar-refractivity contribution < 1.29 is 17.8 Å². The fraction of sp³-hybridized carbons (Fsp3) is 0.200. The van der Waals surface area contributed by atoms with E-state index in [1.54, 1.807) is 0 Å². The van der Waals surface area contributed by atoms with E-state index >= 15 is 0 Å². The molecule has 1 unspecified atom stereocenters. The van der Waals surface area contributed by atoms with Crippen LogP contribution in [0.5, 0.6) is 0 Å². The Hall–Kier alpha value is -1.75. The minimum atomic E-state index is 0. The highest BCUT2D eigenvalue weighted by Gasteiger charge is 2.32. The first-order valence-corrected chi connectivity index (χ1v) is 6.69. The quantitative estimate of drug-likeness (QED) is 0.687. The highest BCUT2D eigenvalue weighted by atomic mass is 35.5. The molecule has 5 heteroatoms. The lowest BCUT2D eigenvalue weighted by molar-refractivity contribution is -0.685. The fourth-order valence-corrected chi connectivity index (χ4v) is 2.24. The van der Waals surface area contributed by atoms with Gasteiger partial charge in [-0.05, 0) is 24.3 Å². The van der Waals surface area contributed by atoms with Crippen LogP contribution in [0.25, 0.3) is 0 Å². The summed E-state index contributed by atoms with van der Waals surface area (Å²) in [4.78, 5) is 0. The number of nitrogens with one attached hydrogen (secondary N) is 1. The first-order valence-electron chi connectivity index (χ1n) is 6.69. The molecule has 3 N–H and O–H groups in total. The molecule has 0 spiro atoms. The standard InChI is InChI=1S/C15H18N4.ClH/c1-2-15-16-18(13-9-5-3-6-10-13)19(17-15)14-11-7-4-8-12-14;/h3-12,15-17H,2H2,1H3;1H. The van der Waals surface area contributed by atoms with E-state index in [4.69, 9.17) is 0 Å². The van der Waals surface area contributed by atoms with Crippen LogP contribution in [0.2, 0.25) is 0 Å². The molecule has 1 atom stereocenters. The molecule has 20 heavy (non-hydrogen) atoms. The molecule has 0 radical (unpaired) electrons. The number of hydrogen-bond donors (Lipinski definition) is 2. The molecule has 106 valence electrons. The molecule has 1 aliphatic heterocycles. The molecule has 3 rings (SSSR count). The van der Waals surface area contributed by atoms with Gasteiger partial charge in [0.2, 0.25) is 0 Å². The van der Waals surface area contributed by atoms with Crippen molar-refractivity contribution in [1.82, 2.24) is 5.43 Å². The van der Waals surface area contributed by atoms with Gasteiger partial charge in [-0.15, -0.1) is 5.12 Å². The van der Waals surface area contributed by atoms with Crippen molar-refractivity contribution in [2.75, 3.05) is 10.2 Å². The van der Waals surface area contributed by atoms with Crippen molar-refractivity contribution in [1.29, 1.82) is 0 Å². The molecule has 4 nitrogen and oxygen atoms in total. The summed E-state index contributed by atoms with van der Waals surface area (Å²) in [5.41, 5.74) is 8.03. The van der Waals surface area contributed by atoms with Crippen LogP contribution >= 0.6 is 0 Å². The van der Waals surface area contributed by atoms with E-state index in [9.17, 15) is 0 Å². The van der Waals surface area contributed by atoms with Gasteiger partial charge in [0.15, 0.2) is 6.17 Å². The van der Waals surface area contributed by atoms with E-state index < -0.39 is 0 Å².